The summed E-state index contributed by atoms with van der Waals surface area (Å²) in [5, 5.41) is 18.3. The second-order valence-corrected chi connectivity index (χ2v) is 4.73. The molecule has 3 rings (SSSR count). The van der Waals surface area contributed by atoms with Crippen molar-refractivity contribution in [3.8, 4) is 0 Å². The van der Waals surface area contributed by atoms with Crippen molar-refractivity contribution in [3.63, 3.8) is 0 Å². The fraction of sp³-hybridized carbons (Fsp3) is 0.364. The number of carbonyl (C=O) groups is 1. The van der Waals surface area contributed by atoms with Crippen LogP contribution in [0.4, 0.5) is 0 Å². The molecule has 2 aliphatic rings. The van der Waals surface area contributed by atoms with Crippen LogP contribution in [0.1, 0.15) is 15.9 Å². The van der Waals surface area contributed by atoms with Crippen LogP contribution in [0.5, 0.6) is 0 Å². The molecule has 0 atom stereocenters. The lowest BCUT2D eigenvalue weighted by atomic mass is 9.76. The van der Waals surface area contributed by atoms with Gasteiger partial charge >= 0.3 is 13.1 Å². The summed E-state index contributed by atoms with van der Waals surface area (Å²) in [5.74, 6) is -0.327. The monoisotopic (exact) mass is 233 g/mol. The topological polar surface area (TPSA) is 70.0 Å². The molecular weight excluding hydrogens is 221 g/mol. The average molecular weight is 233 g/mol. The van der Waals surface area contributed by atoms with Gasteiger partial charge in [0.1, 0.15) is 0 Å². The normalized spacial score (nSPS) is 21.0. The van der Waals surface area contributed by atoms with Crippen LogP contribution < -0.4 is 5.46 Å². The van der Waals surface area contributed by atoms with Gasteiger partial charge in [0.2, 0.25) is 0 Å². The van der Waals surface area contributed by atoms with Crippen LogP contribution in [0.15, 0.2) is 18.2 Å². The molecule has 1 fully saturated rings. The molecule has 0 saturated carbocycles. The first kappa shape index (κ1) is 10.8. The first-order valence-corrected chi connectivity index (χ1v) is 5.44. The van der Waals surface area contributed by atoms with Gasteiger partial charge in [0.05, 0.1) is 5.56 Å². The Morgan fingerprint density at radius 3 is 2.71 bits per heavy atom. The zero-order valence-electron chi connectivity index (χ0n) is 9.38. The Labute approximate surface area is 98.8 Å². The molecule has 1 aromatic carbocycles. The van der Waals surface area contributed by atoms with Crippen molar-refractivity contribution in [1.82, 2.24) is 4.90 Å². The minimum Gasteiger partial charge on any atom is -0.448 e. The van der Waals surface area contributed by atoms with Crippen molar-refractivity contribution in [1.29, 1.82) is 0 Å². The Morgan fingerprint density at radius 2 is 2.12 bits per heavy atom. The third kappa shape index (κ3) is 1.41. The van der Waals surface area contributed by atoms with Crippen molar-refractivity contribution in [3.05, 3.63) is 29.3 Å². The Kier molecular flexibility index (Phi) is 2.10. The molecule has 1 aromatic rings. The summed E-state index contributed by atoms with van der Waals surface area (Å²) in [6.45, 7) is 1.30. The maximum absolute atomic E-state index is 11.7. The lowest BCUT2D eigenvalue weighted by Gasteiger charge is -2.44. The number of likely N-dealkylation sites (tertiary alicyclic amines) is 1. The fourth-order valence-electron chi connectivity index (χ4n) is 2.63. The second kappa shape index (κ2) is 3.32. The molecule has 17 heavy (non-hydrogen) atoms. The number of fused-ring (bicyclic) bond motifs is 2. The van der Waals surface area contributed by atoms with E-state index in [2.05, 4.69) is 0 Å². The predicted molar refractivity (Wildman–Crippen MR) is 60.9 cm³/mol. The summed E-state index contributed by atoms with van der Waals surface area (Å²) in [6, 6.07) is 4.78. The molecule has 6 heteroatoms. The summed E-state index contributed by atoms with van der Waals surface area (Å²) in [6.07, 6.45) is 0. The number of hydrogen-bond donors (Lipinski definition) is 2. The van der Waals surface area contributed by atoms with Gasteiger partial charge in [-0.1, -0.05) is 12.1 Å². The molecule has 2 heterocycles. The number of carbonyl (C=O) groups excluding carboxylic acids is 1. The molecule has 2 aliphatic heterocycles. The molecule has 2 N–H and O–H groups in total. The first-order valence-electron chi connectivity index (χ1n) is 5.44. The standard InChI is InChI=1S/C11H12BNO4/c1-13-5-11(6-13)9-4-7(12(15)16)2-3-8(9)10(14)17-11/h2-4,15-16H,5-6H2,1H3. The summed E-state index contributed by atoms with van der Waals surface area (Å²) in [5.41, 5.74) is 1.11. The van der Waals surface area contributed by atoms with Crippen LogP contribution in [0.2, 0.25) is 0 Å². The molecule has 0 aliphatic carbocycles. The van der Waals surface area contributed by atoms with Gasteiger partial charge in [0.25, 0.3) is 0 Å². The van der Waals surface area contributed by atoms with Crippen molar-refractivity contribution in [2.24, 2.45) is 0 Å². The SMILES string of the molecule is CN1CC2(C1)OC(=O)c1ccc(B(O)O)cc12. The van der Waals surface area contributed by atoms with Crippen molar-refractivity contribution < 1.29 is 19.6 Å². The highest BCUT2D eigenvalue weighted by atomic mass is 16.6. The Bertz CT molecular complexity index is 496. The van der Waals surface area contributed by atoms with Crippen LogP contribution in [-0.4, -0.2) is 48.2 Å². The summed E-state index contributed by atoms with van der Waals surface area (Å²) < 4.78 is 5.42. The van der Waals surface area contributed by atoms with Crippen LogP contribution in [0.25, 0.3) is 0 Å². The quantitative estimate of drug-likeness (QED) is 0.465. The minimum absolute atomic E-state index is 0.327. The number of esters is 1. The summed E-state index contributed by atoms with van der Waals surface area (Å²) in [4.78, 5) is 13.7. The number of ether oxygens (including phenoxy) is 1. The average Bonchev–Trinajstić information content (AvgIpc) is 2.52. The molecule has 1 spiro atoms. The third-order valence-electron chi connectivity index (χ3n) is 3.39. The number of nitrogens with zero attached hydrogens (tertiary/aromatic N) is 1. The first-order chi connectivity index (χ1) is 8.02. The van der Waals surface area contributed by atoms with E-state index < -0.39 is 12.7 Å². The van der Waals surface area contributed by atoms with E-state index in [0.717, 1.165) is 5.56 Å². The van der Waals surface area contributed by atoms with Crippen LogP contribution >= 0.6 is 0 Å². The molecule has 88 valence electrons. The molecule has 0 unspecified atom stereocenters. The fourth-order valence-corrected chi connectivity index (χ4v) is 2.63. The van der Waals surface area contributed by atoms with E-state index in [0.29, 0.717) is 24.1 Å². The largest absolute Gasteiger partial charge is 0.488 e. The van der Waals surface area contributed by atoms with Gasteiger partial charge in [-0.2, -0.15) is 0 Å². The lowest BCUT2D eigenvalue weighted by Crippen LogP contribution is -2.57. The molecule has 0 aromatic heterocycles. The predicted octanol–water partition coefficient (Wildman–Crippen LogP) is -1.32. The van der Waals surface area contributed by atoms with Crippen LogP contribution in [-0.2, 0) is 10.3 Å². The van der Waals surface area contributed by atoms with Crippen molar-refractivity contribution >= 4 is 18.6 Å². The zero-order valence-corrected chi connectivity index (χ0v) is 9.38. The van der Waals surface area contributed by atoms with E-state index in [4.69, 9.17) is 14.8 Å². The third-order valence-corrected chi connectivity index (χ3v) is 3.39. The van der Waals surface area contributed by atoms with Crippen molar-refractivity contribution in [2.45, 2.75) is 5.60 Å². The van der Waals surface area contributed by atoms with Gasteiger partial charge in [-0.05, 0) is 18.6 Å². The van der Waals surface area contributed by atoms with E-state index >= 15 is 0 Å². The van der Waals surface area contributed by atoms with Gasteiger partial charge in [-0.25, -0.2) is 4.79 Å². The van der Waals surface area contributed by atoms with Crippen LogP contribution in [0.3, 0.4) is 0 Å². The molecule has 0 amide bonds. The van der Waals surface area contributed by atoms with Gasteiger partial charge in [0.15, 0.2) is 5.60 Å². The highest BCUT2D eigenvalue weighted by Gasteiger charge is 2.52. The summed E-state index contributed by atoms with van der Waals surface area (Å²) in [7, 11) is 0.424. The van der Waals surface area contributed by atoms with Crippen molar-refractivity contribution in [2.75, 3.05) is 20.1 Å². The molecule has 0 bridgehead atoms. The summed E-state index contributed by atoms with van der Waals surface area (Å²) >= 11 is 0. The molecule has 0 radical (unpaired) electrons. The van der Waals surface area contributed by atoms with Gasteiger partial charge in [-0.3, -0.25) is 4.90 Å². The van der Waals surface area contributed by atoms with E-state index in [-0.39, 0.29) is 5.97 Å². The molecule has 5 nitrogen and oxygen atoms in total. The number of hydrogen-bond acceptors (Lipinski definition) is 5. The minimum atomic E-state index is -1.52. The zero-order chi connectivity index (χ0) is 12.2. The van der Waals surface area contributed by atoms with E-state index in [9.17, 15) is 4.79 Å². The maximum atomic E-state index is 11.7. The Balaban J connectivity index is 2.08. The van der Waals surface area contributed by atoms with Crippen LogP contribution in [0, 0.1) is 0 Å². The highest BCUT2D eigenvalue weighted by Crippen LogP contribution is 2.42. The lowest BCUT2D eigenvalue weighted by molar-refractivity contribution is -0.0942. The molecular formula is C11H12BNO4. The van der Waals surface area contributed by atoms with Gasteiger partial charge in [-0.15, -0.1) is 0 Å². The Hall–Kier alpha value is -1.37. The van der Waals surface area contributed by atoms with E-state index in [1.807, 2.05) is 11.9 Å². The van der Waals surface area contributed by atoms with Gasteiger partial charge in [0, 0.05) is 18.7 Å². The Morgan fingerprint density at radius 1 is 1.41 bits per heavy atom. The number of benzene rings is 1. The number of likely N-dealkylation sites (N-methyl/N-ethyl adjacent to an activating group) is 1. The van der Waals surface area contributed by atoms with Gasteiger partial charge < -0.3 is 14.8 Å². The maximum Gasteiger partial charge on any atom is 0.488 e. The van der Waals surface area contributed by atoms with E-state index in [1.54, 1.807) is 12.1 Å². The number of rotatable bonds is 1. The highest BCUT2D eigenvalue weighted by molar-refractivity contribution is 6.58. The smallest absolute Gasteiger partial charge is 0.448 e. The molecule has 1 saturated heterocycles. The van der Waals surface area contributed by atoms with E-state index in [1.165, 1.54) is 6.07 Å². The second-order valence-electron chi connectivity index (χ2n) is 4.73.